The molecule has 24 heavy (non-hydrogen) atoms. The molecule has 2 atom stereocenters. The van der Waals surface area contributed by atoms with Gasteiger partial charge in [-0.1, -0.05) is 18.2 Å². The number of rotatable bonds is 4. The molecule has 0 unspecified atom stereocenters. The number of carbonyl (C=O) groups is 1. The molecule has 128 valence electrons. The zero-order valence-electron chi connectivity index (χ0n) is 14.2. The molecule has 0 spiro atoms. The molecule has 1 aromatic carbocycles. The van der Waals surface area contributed by atoms with Gasteiger partial charge in [0.25, 0.3) is 0 Å². The van der Waals surface area contributed by atoms with Crippen molar-refractivity contribution in [3.05, 3.63) is 48.3 Å². The van der Waals surface area contributed by atoms with Crippen molar-refractivity contribution in [2.45, 2.75) is 32.5 Å². The predicted octanol–water partition coefficient (Wildman–Crippen LogP) is 2.23. The summed E-state index contributed by atoms with van der Waals surface area (Å²) in [5, 5.41) is 7.52. The zero-order chi connectivity index (χ0) is 16.9. The Balaban J connectivity index is 1.48. The fraction of sp³-hybridized carbons (Fsp3) is 0.444. The molecule has 6 heteroatoms. The molecule has 6 nitrogen and oxygen atoms in total. The van der Waals surface area contributed by atoms with Crippen LogP contribution in [0.1, 0.15) is 19.5 Å². The Kier molecular flexibility index (Phi) is 5.15. The van der Waals surface area contributed by atoms with Crippen LogP contribution >= 0.6 is 0 Å². The van der Waals surface area contributed by atoms with E-state index in [1.165, 1.54) is 0 Å². The van der Waals surface area contributed by atoms with Crippen LogP contribution in [-0.4, -0.2) is 52.6 Å². The third-order valence-electron chi connectivity index (χ3n) is 4.03. The molecule has 2 amide bonds. The molecule has 1 aromatic heterocycles. The number of benzene rings is 1. The van der Waals surface area contributed by atoms with Crippen LogP contribution < -0.4 is 5.32 Å². The summed E-state index contributed by atoms with van der Waals surface area (Å²) < 4.78 is 7.50. The van der Waals surface area contributed by atoms with Gasteiger partial charge < -0.3 is 15.0 Å². The fourth-order valence-electron chi connectivity index (χ4n) is 2.97. The minimum absolute atomic E-state index is 0.0282. The quantitative estimate of drug-likeness (QED) is 0.936. The van der Waals surface area contributed by atoms with Crippen LogP contribution in [0, 0.1) is 0 Å². The van der Waals surface area contributed by atoms with Crippen molar-refractivity contribution < 1.29 is 9.53 Å². The van der Waals surface area contributed by atoms with E-state index in [4.69, 9.17) is 4.74 Å². The van der Waals surface area contributed by atoms with E-state index < -0.39 is 0 Å². The second-order valence-electron chi connectivity index (χ2n) is 6.23. The first-order chi connectivity index (χ1) is 11.6. The first-order valence-corrected chi connectivity index (χ1v) is 8.40. The average molecular weight is 328 g/mol. The van der Waals surface area contributed by atoms with Crippen molar-refractivity contribution in [1.82, 2.24) is 20.0 Å². The second kappa shape index (κ2) is 7.49. The third-order valence-corrected chi connectivity index (χ3v) is 4.03. The summed E-state index contributed by atoms with van der Waals surface area (Å²) in [6.45, 7) is 5.83. The van der Waals surface area contributed by atoms with Crippen molar-refractivity contribution in [2.75, 3.05) is 19.6 Å². The fourth-order valence-corrected chi connectivity index (χ4v) is 2.97. The lowest BCUT2D eigenvalue weighted by molar-refractivity contribution is -0.0544. The van der Waals surface area contributed by atoms with Crippen molar-refractivity contribution >= 4 is 6.03 Å². The molecule has 0 saturated carbocycles. The summed E-state index contributed by atoms with van der Waals surface area (Å²) >= 11 is 0. The monoisotopic (exact) mass is 328 g/mol. The minimum Gasteiger partial charge on any atom is -0.372 e. The predicted molar refractivity (Wildman–Crippen MR) is 92.2 cm³/mol. The van der Waals surface area contributed by atoms with Crippen LogP contribution in [-0.2, 0) is 11.2 Å². The van der Waals surface area contributed by atoms with Gasteiger partial charge in [0.2, 0.25) is 0 Å². The highest BCUT2D eigenvalue weighted by Gasteiger charge is 2.25. The highest BCUT2D eigenvalue weighted by atomic mass is 16.5. The number of carbonyl (C=O) groups excluding carboxylic acids is 1. The smallest absolute Gasteiger partial charge is 0.317 e. The molecular formula is C18H24N4O2. The van der Waals surface area contributed by atoms with Gasteiger partial charge in [0.15, 0.2) is 0 Å². The third kappa shape index (κ3) is 4.14. The van der Waals surface area contributed by atoms with Crippen molar-refractivity contribution in [2.24, 2.45) is 0 Å². The largest absolute Gasteiger partial charge is 0.372 e. The Morgan fingerprint density at radius 1 is 1.21 bits per heavy atom. The number of urea groups is 1. The van der Waals surface area contributed by atoms with E-state index in [9.17, 15) is 4.79 Å². The molecule has 0 bridgehead atoms. The molecule has 1 aliphatic heterocycles. The molecule has 3 rings (SSSR count). The maximum absolute atomic E-state index is 12.2. The number of hydrogen-bond acceptors (Lipinski definition) is 3. The van der Waals surface area contributed by atoms with Gasteiger partial charge in [-0.05, 0) is 32.0 Å². The van der Waals surface area contributed by atoms with E-state index in [1.54, 1.807) is 0 Å². The van der Waals surface area contributed by atoms with Crippen LogP contribution in [0.2, 0.25) is 0 Å². The number of nitrogens with one attached hydrogen (secondary N) is 1. The molecule has 0 radical (unpaired) electrons. The van der Waals surface area contributed by atoms with Gasteiger partial charge in [-0.2, -0.15) is 5.10 Å². The molecular weight excluding hydrogens is 304 g/mol. The van der Waals surface area contributed by atoms with E-state index >= 15 is 0 Å². The van der Waals surface area contributed by atoms with Crippen LogP contribution in [0.3, 0.4) is 0 Å². The summed E-state index contributed by atoms with van der Waals surface area (Å²) in [4.78, 5) is 14.1. The van der Waals surface area contributed by atoms with Gasteiger partial charge in [-0.15, -0.1) is 0 Å². The molecule has 1 fully saturated rings. The summed E-state index contributed by atoms with van der Waals surface area (Å²) in [7, 11) is 0. The van der Waals surface area contributed by atoms with Crippen LogP contribution in [0.25, 0.3) is 5.69 Å². The Bertz CT molecular complexity index is 661. The van der Waals surface area contributed by atoms with Crippen LogP contribution in [0.5, 0.6) is 0 Å². The van der Waals surface area contributed by atoms with E-state index in [0.29, 0.717) is 26.1 Å². The molecule has 0 aliphatic carbocycles. The Morgan fingerprint density at radius 2 is 1.92 bits per heavy atom. The number of morpholine rings is 1. The first kappa shape index (κ1) is 16.5. The van der Waals surface area contributed by atoms with E-state index in [-0.39, 0.29) is 18.2 Å². The number of nitrogens with zero attached hydrogens (tertiary/aromatic N) is 3. The van der Waals surface area contributed by atoms with Crippen LogP contribution in [0.15, 0.2) is 42.6 Å². The Labute approximate surface area is 142 Å². The lowest BCUT2D eigenvalue weighted by Gasteiger charge is -2.35. The number of aromatic nitrogens is 2. The lowest BCUT2D eigenvalue weighted by atomic mass is 10.2. The van der Waals surface area contributed by atoms with Crippen molar-refractivity contribution in [3.63, 3.8) is 0 Å². The molecule has 1 aliphatic rings. The summed E-state index contributed by atoms with van der Waals surface area (Å²) in [6, 6.07) is 11.9. The number of para-hydroxylation sites is 1. The summed E-state index contributed by atoms with van der Waals surface area (Å²) in [6.07, 6.45) is 2.82. The lowest BCUT2D eigenvalue weighted by Crippen LogP contribution is -2.51. The van der Waals surface area contributed by atoms with Crippen molar-refractivity contribution in [1.29, 1.82) is 0 Å². The Hall–Kier alpha value is -2.34. The van der Waals surface area contributed by atoms with Crippen LogP contribution in [0.4, 0.5) is 4.79 Å². The molecule has 1 saturated heterocycles. The first-order valence-electron chi connectivity index (χ1n) is 8.40. The molecule has 1 N–H and O–H groups in total. The van der Waals surface area contributed by atoms with E-state index in [2.05, 4.69) is 10.4 Å². The van der Waals surface area contributed by atoms with Gasteiger partial charge in [0.1, 0.15) is 0 Å². The SMILES string of the molecule is C[C@@H]1CN(C(=O)NCCc2ccn(-c3ccccc3)n2)C[C@@H](C)O1. The number of ether oxygens (including phenoxy) is 1. The summed E-state index contributed by atoms with van der Waals surface area (Å²) in [5.41, 5.74) is 1.99. The molecule has 2 heterocycles. The standard InChI is InChI=1S/C18H24N4O2/c1-14-12-21(13-15(2)24-14)18(23)19-10-8-16-9-11-22(20-16)17-6-4-3-5-7-17/h3-7,9,11,14-15H,8,10,12-13H2,1-2H3,(H,19,23)/t14-,15-/m1/s1. The van der Waals surface area contributed by atoms with Gasteiger partial charge in [0.05, 0.1) is 23.6 Å². The second-order valence-corrected chi connectivity index (χ2v) is 6.23. The van der Waals surface area contributed by atoms with E-state index in [1.807, 2.05) is 66.0 Å². The van der Waals surface area contributed by atoms with Crippen molar-refractivity contribution in [3.8, 4) is 5.69 Å². The van der Waals surface area contributed by atoms with Gasteiger partial charge >= 0.3 is 6.03 Å². The Morgan fingerprint density at radius 3 is 2.62 bits per heavy atom. The summed E-state index contributed by atoms with van der Waals surface area (Å²) in [5.74, 6) is 0. The molecule has 2 aromatic rings. The average Bonchev–Trinajstić information content (AvgIpc) is 3.03. The zero-order valence-corrected chi connectivity index (χ0v) is 14.2. The van der Waals surface area contributed by atoms with E-state index in [0.717, 1.165) is 11.4 Å². The normalized spacial score (nSPS) is 20.8. The number of hydrogen-bond donors (Lipinski definition) is 1. The van der Waals surface area contributed by atoms with Gasteiger partial charge in [-0.25, -0.2) is 9.48 Å². The highest BCUT2D eigenvalue weighted by molar-refractivity contribution is 5.74. The minimum atomic E-state index is -0.0282. The highest BCUT2D eigenvalue weighted by Crippen LogP contribution is 2.10. The van der Waals surface area contributed by atoms with Gasteiger partial charge in [0, 0.05) is 32.3 Å². The topological polar surface area (TPSA) is 59.4 Å². The maximum atomic E-state index is 12.2. The number of amides is 2. The maximum Gasteiger partial charge on any atom is 0.317 e. The van der Waals surface area contributed by atoms with Gasteiger partial charge in [-0.3, -0.25) is 0 Å².